The summed E-state index contributed by atoms with van der Waals surface area (Å²) in [4.78, 5) is 11.6. The van der Waals surface area contributed by atoms with E-state index in [2.05, 4.69) is 15.5 Å². The number of carbonyl (C=O) groups excluding carboxylic acids is 1. The minimum Gasteiger partial charge on any atom is -0.348 e. The number of aromatic amines is 1. The third-order valence-electron chi connectivity index (χ3n) is 2.21. The number of rotatable bonds is 5. The quantitative estimate of drug-likeness (QED) is 0.708. The fourth-order valence-corrected chi connectivity index (χ4v) is 2.48. The monoisotopic (exact) mass is 274 g/mol. The number of nitrogens with zero attached hydrogens (tertiary/aromatic N) is 1. The molecule has 0 aliphatic rings. The standard InChI is InChI=1S/C10H18N4O3S/c1-4-5-7-9(18(11,16)17)8(14-13-7)10(15)12-6(2)3/h6H,4-5H2,1-3H3,(H,12,15)(H,13,14)(H2,11,16,17). The van der Waals surface area contributed by atoms with Crippen LogP contribution in [0.25, 0.3) is 0 Å². The topological polar surface area (TPSA) is 118 Å². The van der Waals surface area contributed by atoms with Crippen molar-refractivity contribution in [2.45, 2.75) is 44.6 Å². The second-order valence-electron chi connectivity index (χ2n) is 4.30. The number of H-pyrrole nitrogens is 1. The van der Waals surface area contributed by atoms with Crippen LogP contribution in [0.5, 0.6) is 0 Å². The van der Waals surface area contributed by atoms with Gasteiger partial charge in [0.2, 0.25) is 10.0 Å². The second-order valence-corrected chi connectivity index (χ2v) is 5.80. The first kappa shape index (κ1) is 14.7. The summed E-state index contributed by atoms with van der Waals surface area (Å²) in [6.45, 7) is 5.43. The first-order valence-corrected chi connectivity index (χ1v) is 7.22. The number of aromatic nitrogens is 2. The van der Waals surface area contributed by atoms with Gasteiger partial charge in [0.1, 0.15) is 4.90 Å². The Balaban J connectivity index is 3.25. The van der Waals surface area contributed by atoms with Crippen molar-refractivity contribution in [2.75, 3.05) is 0 Å². The van der Waals surface area contributed by atoms with Gasteiger partial charge in [0.25, 0.3) is 5.91 Å². The molecule has 0 aromatic carbocycles. The lowest BCUT2D eigenvalue weighted by Gasteiger charge is -2.07. The van der Waals surface area contributed by atoms with E-state index in [1.807, 2.05) is 6.92 Å². The molecule has 1 heterocycles. The number of nitrogens with two attached hydrogens (primary N) is 1. The molecule has 0 bridgehead atoms. The summed E-state index contributed by atoms with van der Waals surface area (Å²) in [5.74, 6) is -0.548. The predicted octanol–water partition coefficient (Wildman–Crippen LogP) is 0.148. The Bertz CT molecular complexity index is 533. The van der Waals surface area contributed by atoms with Crippen LogP contribution in [0.1, 0.15) is 43.4 Å². The van der Waals surface area contributed by atoms with Crippen molar-refractivity contribution in [2.24, 2.45) is 5.14 Å². The minimum atomic E-state index is -3.98. The average Bonchev–Trinajstić information content (AvgIpc) is 2.60. The molecule has 102 valence electrons. The van der Waals surface area contributed by atoms with E-state index in [4.69, 9.17) is 5.14 Å². The first-order valence-electron chi connectivity index (χ1n) is 5.68. The fraction of sp³-hybridized carbons (Fsp3) is 0.600. The molecule has 0 saturated heterocycles. The Morgan fingerprint density at radius 1 is 1.50 bits per heavy atom. The van der Waals surface area contributed by atoms with Gasteiger partial charge in [-0.25, -0.2) is 13.6 Å². The zero-order valence-corrected chi connectivity index (χ0v) is 11.5. The van der Waals surface area contributed by atoms with Crippen molar-refractivity contribution in [1.29, 1.82) is 0 Å². The molecular weight excluding hydrogens is 256 g/mol. The molecule has 8 heteroatoms. The summed E-state index contributed by atoms with van der Waals surface area (Å²) in [5, 5.41) is 14.0. The van der Waals surface area contributed by atoms with Gasteiger partial charge in [-0.05, 0) is 20.3 Å². The van der Waals surface area contributed by atoms with Gasteiger partial charge in [0.05, 0.1) is 5.69 Å². The number of sulfonamides is 1. The van der Waals surface area contributed by atoms with Crippen molar-refractivity contribution in [3.05, 3.63) is 11.4 Å². The molecule has 0 saturated carbocycles. The third-order valence-corrected chi connectivity index (χ3v) is 3.22. The Morgan fingerprint density at radius 2 is 2.11 bits per heavy atom. The highest BCUT2D eigenvalue weighted by atomic mass is 32.2. The van der Waals surface area contributed by atoms with E-state index in [-0.39, 0.29) is 16.6 Å². The maximum Gasteiger partial charge on any atom is 0.273 e. The highest BCUT2D eigenvalue weighted by molar-refractivity contribution is 7.89. The third kappa shape index (κ3) is 3.30. The number of amides is 1. The predicted molar refractivity (Wildman–Crippen MR) is 66.6 cm³/mol. The van der Waals surface area contributed by atoms with E-state index < -0.39 is 15.9 Å². The van der Waals surface area contributed by atoms with Crippen LogP contribution < -0.4 is 10.5 Å². The molecule has 0 aliphatic carbocycles. The highest BCUT2D eigenvalue weighted by Gasteiger charge is 2.27. The van der Waals surface area contributed by atoms with Gasteiger partial charge in [-0.2, -0.15) is 5.10 Å². The molecule has 18 heavy (non-hydrogen) atoms. The van der Waals surface area contributed by atoms with E-state index in [9.17, 15) is 13.2 Å². The molecule has 0 spiro atoms. The zero-order chi connectivity index (χ0) is 13.9. The molecule has 1 aromatic rings. The lowest BCUT2D eigenvalue weighted by atomic mass is 10.2. The van der Waals surface area contributed by atoms with Gasteiger partial charge >= 0.3 is 0 Å². The normalized spacial score (nSPS) is 11.8. The molecule has 0 radical (unpaired) electrons. The lowest BCUT2D eigenvalue weighted by molar-refractivity contribution is 0.0934. The Labute approximate surface area is 106 Å². The van der Waals surface area contributed by atoms with E-state index in [1.54, 1.807) is 13.8 Å². The molecular formula is C10H18N4O3S. The molecule has 0 atom stereocenters. The number of hydrogen-bond donors (Lipinski definition) is 3. The summed E-state index contributed by atoms with van der Waals surface area (Å²) < 4.78 is 23.1. The van der Waals surface area contributed by atoms with Crippen molar-refractivity contribution >= 4 is 15.9 Å². The van der Waals surface area contributed by atoms with Crippen LogP contribution in [0.3, 0.4) is 0 Å². The van der Waals surface area contributed by atoms with Crippen LogP contribution in [0, 0.1) is 0 Å². The van der Waals surface area contributed by atoms with Crippen LogP contribution in [0.2, 0.25) is 0 Å². The summed E-state index contributed by atoms with van der Waals surface area (Å²) in [6.07, 6.45) is 1.18. The number of nitrogens with one attached hydrogen (secondary N) is 2. The van der Waals surface area contributed by atoms with Gasteiger partial charge in [-0.3, -0.25) is 9.89 Å². The molecule has 4 N–H and O–H groups in total. The molecule has 7 nitrogen and oxygen atoms in total. The summed E-state index contributed by atoms with van der Waals surface area (Å²) in [7, 11) is -3.98. The molecule has 1 amide bonds. The molecule has 1 aromatic heterocycles. The van der Waals surface area contributed by atoms with E-state index in [0.29, 0.717) is 12.1 Å². The first-order chi connectivity index (χ1) is 8.27. The molecule has 0 fully saturated rings. The van der Waals surface area contributed by atoms with Crippen LogP contribution in [0.15, 0.2) is 4.90 Å². The zero-order valence-electron chi connectivity index (χ0n) is 10.6. The molecule has 0 unspecified atom stereocenters. The lowest BCUT2D eigenvalue weighted by Crippen LogP contribution is -2.32. The highest BCUT2D eigenvalue weighted by Crippen LogP contribution is 2.18. The Hall–Kier alpha value is -1.41. The van der Waals surface area contributed by atoms with Crippen molar-refractivity contribution < 1.29 is 13.2 Å². The number of carbonyl (C=O) groups is 1. The SMILES string of the molecule is CCCc1[nH]nc(C(=O)NC(C)C)c1S(N)(=O)=O. The minimum absolute atomic E-state index is 0.114. The van der Waals surface area contributed by atoms with Crippen LogP contribution in [-0.4, -0.2) is 30.6 Å². The van der Waals surface area contributed by atoms with E-state index in [1.165, 1.54) is 0 Å². The van der Waals surface area contributed by atoms with Gasteiger partial charge < -0.3 is 5.32 Å². The molecule has 0 aliphatic heterocycles. The van der Waals surface area contributed by atoms with Gasteiger partial charge in [-0.15, -0.1) is 0 Å². The second kappa shape index (κ2) is 5.49. The smallest absolute Gasteiger partial charge is 0.273 e. The Morgan fingerprint density at radius 3 is 2.56 bits per heavy atom. The van der Waals surface area contributed by atoms with Crippen molar-refractivity contribution in [3.8, 4) is 0 Å². The maximum atomic E-state index is 11.8. The average molecular weight is 274 g/mol. The van der Waals surface area contributed by atoms with Crippen molar-refractivity contribution in [3.63, 3.8) is 0 Å². The number of primary sulfonamides is 1. The van der Waals surface area contributed by atoms with Crippen LogP contribution >= 0.6 is 0 Å². The van der Waals surface area contributed by atoms with Gasteiger partial charge in [0.15, 0.2) is 5.69 Å². The number of hydrogen-bond acceptors (Lipinski definition) is 4. The Kier molecular flexibility index (Phi) is 4.47. The molecule has 1 rings (SSSR count). The van der Waals surface area contributed by atoms with Crippen molar-refractivity contribution in [1.82, 2.24) is 15.5 Å². The summed E-state index contributed by atoms with van der Waals surface area (Å²) >= 11 is 0. The van der Waals surface area contributed by atoms with E-state index in [0.717, 1.165) is 6.42 Å². The fourth-order valence-electron chi connectivity index (χ4n) is 1.58. The maximum absolute atomic E-state index is 11.8. The van der Waals surface area contributed by atoms with Crippen LogP contribution in [-0.2, 0) is 16.4 Å². The summed E-state index contributed by atoms with van der Waals surface area (Å²) in [5.41, 5.74) is 0.198. The van der Waals surface area contributed by atoms with Gasteiger partial charge in [0, 0.05) is 6.04 Å². The van der Waals surface area contributed by atoms with Gasteiger partial charge in [-0.1, -0.05) is 13.3 Å². The summed E-state index contributed by atoms with van der Waals surface area (Å²) in [6, 6.07) is -0.114. The number of aryl methyl sites for hydroxylation is 1. The van der Waals surface area contributed by atoms with Crippen LogP contribution in [0.4, 0.5) is 0 Å². The van der Waals surface area contributed by atoms with E-state index >= 15 is 0 Å². The largest absolute Gasteiger partial charge is 0.348 e.